The second-order valence-electron chi connectivity index (χ2n) is 7.41. The number of pyridine rings is 1. The van der Waals surface area contributed by atoms with Crippen molar-refractivity contribution in [3.63, 3.8) is 0 Å². The van der Waals surface area contributed by atoms with E-state index in [9.17, 15) is 0 Å². The predicted molar refractivity (Wildman–Crippen MR) is 125 cm³/mol. The molecule has 2 aromatic heterocycles. The van der Waals surface area contributed by atoms with Crippen LogP contribution in [0.3, 0.4) is 0 Å². The van der Waals surface area contributed by atoms with Gasteiger partial charge in [-0.25, -0.2) is 9.97 Å². The van der Waals surface area contributed by atoms with Crippen LogP contribution in [-0.2, 0) is 0 Å². The number of fused-ring (bicyclic) bond motifs is 1. The van der Waals surface area contributed by atoms with Gasteiger partial charge in [-0.2, -0.15) is 0 Å². The van der Waals surface area contributed by atoms with Crippen molar-refractivity contribution in [2.75, 3.05) is 12.4 Å². The number of hydrogen-bond donors (Lipinski definition) is 1. The molecule has 0 aliphatic carbocycles. The summed E-state index contributed by atoms with van der Waals surface area (Å²) in [6, 6.07) is 13.4. The fraction of sp³-hybridized carbons (Fsp3) is 0.208. The number of hydrogen-bond acceptors (Lipinski definition) is 6. The molecule has 4 rings (SSSR count). The number of benzene rings is 2. The Morgan fingerprint density at radius 2 is 1.87 bits per heavy atom. The molecule has 31 heavy (non-hydrogen) atoms. The maximum atomic E-state index is 6.33. The number of anilines is 2. The summed E-state index contributed by atoms with van der Waals surface area (Å²) in [7, 11) is 1.62. The number of ether oxygens (including phenoxy) is 2. The van der Waals surface area contributed by atoms with Gasteiger partial charge in [0.05, 0.1) is 18.7 Å². The van der Waals surface area contributed by atoms with Gasteiger partial charge in [-0.15, -0.1) is 0 Å². The largest absolute Gasteiger partial charge is 0.493 e. The number of rotatable bonds is 6. The predicted octanol–water partition coefficient (Wildman–Crippen LogP) is 6.19. The van der Waals surface area contributed by atoms with E-state index in [4.69, 9.17) is 31.0 Å². The number of aryl methyl sites for hydroxylation is 1. The Hall–Kier alpha value is -3.38. The van der Waals surface area contributed by atoms with E-state index in [1.807, 2.05) is 63.2 Å². The zero-order chi connectivity index (χ0) is 22.0. The lowest BCUT2D eigenvalue weighted by Gasteiger charge is -2.17. The lowest BCUT2D eigenvalue weighted by molar-refractivity contribution is 0.230. The fourth-order valence-electron chi connectivity index (χ4n) is 3.17. The van der Waals surface area contributed by atoms with Crippen molar-refractivity contribution < 1.29 is 9.47 Å². The van der Waals surface area contributed by atoms with Gasteiger partial charge in [0, 0.05) is 40.1 Å². The first-order valence-corrected chi connectivity index (χ1v) is 10.3. The maximum absolute atomic E-state index is 6.33. The summed E-state index contributed by atoms with van der Waals surface area (Å²) in [6.45, 7) is 5.91. The summed E-state index contributed by atoms with van der Waals surface area (Å²) in [4.78, 5) is 13.7. The van der Waals surface area contributed by atoms with Crippen molar-refractivity contribution in [2.45, 2.75) is 26.9 Å². The highest BCUT2D eigenvalue weighted by Crippen LogP contribution is 2.37. The van der Waals surface area contributed by atoms with Crippen molar-refractivity contribution >= 4 is 34.0 Å². The molecule has 0 atom stereocenters. The van der Waals surface area contributed by atoms with Crippen LogP contribution < -0.4 is 14.8 Å². The van der Waals surface area contributed by atoms with Crippen molar-refractivity contribution in [2.24, 2.45) is 0 Å². The SMILES string of the molecule is COc1cc2nc(-c3cccnc3)nc(Nc3ccc(C)c(Cl)c3)c2cc1OC(C)C. The number of nitrogens with one attached hydrogen (secondary N) is 1. The van der Waals surface area contributed by atoms with Crippen molar-refractivity contribution in [1.82, 2.24) is 15.0 Å². The Bertz CT molecular complexity index is 1230. The third-order valence-corrected chi connectivity index (χ3v) is 5.11. The topological polar surface area (TPSA) is 69.2 Å². The van der Waals surface area contributed by atoms with Crippen LogP contribution in [0, 0.1) is 6.92 Å². The summed E-state index contributed by atoms with van der Waals surface area (Å²) in [6.07, 6.45) is 3.45. The smallest absolute Gasteiger partial charge is 0.163 e. The molecular formula is C24H23ClN4O2. The van der Waals surface area contributed by atoms with Crippen LogP contribution in [0.4, 0.5) is 11.5 Å². The minimum atomic E-state index is -0.00532. The fourth-order valence-corrected chi connectivity index (χ4v) is 3.35. The van der Waals surface area contributed by atoms with E-state index in [0.29, 0.717) is 28.2 Å². The molecule has 0 radical (unpaired) electrons. The number of nitrogens with zero attached hydrogens (tertiary/aromatic N) is 3. The Labute approximate surface area is 186 Å². The maximum Gasteiger partial charge on any atom is 0.163 e. The molecule has 7 heteroatoms. The molecule has 1 N–H and O–H groups in total. The van der Waals surface area contributed by atoms with Gasteiger partial charge < -0.3 is 14.8 Å². The summed E-state index contributed by atoms with van der Waals surface area (Å²) in [5, 5.41) is 4.88. The summed E-state index contributed by atoms with van der Waals surface area (Å²) in [5.41, 5.74) is 3.38. The van der Waals surface area contributed by atoms with Crippen LogP contribution in [-0.4, -0.2) is 28.2 Å². The average molecular weight is 435 g/mol. The van der Waals surface area contributed by atoms with E-state index in [-0.39, 0.29) is 6.10 Å². The van der Waals surface area contributed by atoms with Gasteiger partial charge in [-0.1, -0.05) is 17.7 Å². The summed E-state index contributed by atoms with van der Waals surface area (Å²) >= 11 is 6.33. The molecule has 2 heterocycles. The van der Waals surface area contributed by atoms with Crippen LogP contribution in [0.5, 0.6) is 11.5 Å². The van der Waals surface area contributed by atoms with Gasteiger partial charge in [0.1, 0.15) is 5.82 Å². The van der Waals surface area contributed by atoms with Crippen LogP contribution >= 0.6 is 11.6 Å². The van der Waals surface area contributed by atoms with Gasteiger partial charge >= 0.3 is 0 Å². The van der Waals surface area contributed by atoms with Gasteiger partial charge in [0.25, 0.3) is 0 Å². The van der Waals surface area contributed by atoms with E-state index >= 15 is 0 Å². The van der Waals surface area contributed by atoms with Gasteiger partial charge in [-0.05, 0) is 56.7 Å². The molecule has 0 spiro atoms. The molecule has 4 aromatic rings. The minimum absolute atomic E-state index is 0.00532. The molecule has 0 fully saturated rings. The zero-order valence-corrected chi connectivity index (χ0v) is 18.6. The van der Waals surface area contributed by atoms with Gasteiger partial charge in [0.2, 0.25) is 0 Å². The van der Waals surface area contributed by atoms with Gasteiger partial charge in [-0.3, -0.25) is 4.98 Å². The first kappa shape index (κ1) is 20.9. The van der Waals surface area contributed by atoms with Crippen LogP contribution in [0.25, 0.3) is 22.3 Å². The second-order valence-corrected chi connectivity index (χ2v) is 7.82. The quantitative estimate of drug-likeness (QED) is 0.390. The minimum Gasteiger partial charge on any atom is -0.493 e. The molecule has 0 saturated heterocycles. The normalized spacial score (nSPS) is 11.0. The lowest BCUT2D eigenvalue weighted by atomic mass is 10.1. The summed E-state index contributed by atoms with van der Waals surface area (Å²) in [5.74, 6) is 2.44. The van der Waals surface area contributed by atoms with E-state index in [2.05, 4.69) is 10.3 Å². The van der Waals surface area contributed by atoms with Gasteiger partial charge in [0.15, 0.2) is 17.3 Å². The van der Waals surface area contributed by atoms with E-state index in [0.717, 1.165) is 27.7 Å². The molecule has 158 valence electrons. The molecule has 0 aliphatic heterocycles. The van der Waals surface area contributed by atoms with E-state index < -0.39 is 0 Å². The van der Waals surface area contributed by atoms with Crippen molar-refractivity contribution in [3.05, 3.63) is 65.4 Å². The third-order valence-electron chi connectivity index (χ3n) is 4.70. The zero-order valence-electron chi connectivity index (χ0n) is 17.8. The number of aromatic nitrogens is 3. The first-order chi connectivity index (χ1) is 14.9. The Balaban J connectivity index is 1.91. The van der Waals surface area contributed by atoms with E-state index in [1.54, 1.807) is 19.5 Å². The van der Waals surface area contributed by atoms with Crippen molar-refractivity contribution in [3.8, 4) is 22.9 Å². The number of halogens is 1. The monoisotopic (exact) mass is 434 g/mol. The molecule has 2 aromatic carbocycles. The van der Waals surface area contributed by atoms with Crippen LogP contribution in [0.2, 0.25) is 5.02 Å². The molecule has 0 amide bonds. The Morgan fingerprint density at radius 1 is 1.03 bits per heavy atom. The number of methoxy groups -OCH3 is 1. The molecule has 0 bridgehead atoms. The third kappa shape index (κ3) is 4.54. The molecule has 6 nitrogen and oxygen atoms in total. The Kier molecular flexibility index (Phi) is 5.91. The highest BCUT2D eigenvalue weighted by Gasteiger charge is 2.16. The van der Waals surface area contributed by atoms with Crippen molar-refractivity contribution in [1.29, 1.82) is 0 Å². The molecule has 0 saturated carbocycles. The molecular weight excluding hydrogens is 412 g/mol. The highest BCUT2D eigenvalue weighted by molar-refractivity contribution is 6.31. The Morgan fingerprint density at radius 3 is 2.55 bits per heavy atom. The van der Waals surface area contributed by atoms with Crippen LogP contribution in [0.1, 0.15) is 19.4 Å². The lowest BCUT2D eigenvalue weighted by Crippen LogP contribution is -2.07. The standard InChI is InChI=1S/C24H23ClN4O2/c1-14(2)31-22-11-18-20(12-21(22)30-4)28-23(16-6-5-9-26-13-16)29-24(18)27-17-8-7-15(3)19(25)10-17/h5-14H,1-4H3,(H,27,28,29). The second kappa shape index (κ2) is 8.78. The first-order valence-electron chi connectivity index (χ1n) is 9.94. The molecule has 0 unspecified atom stereocenters. The molecule has 0 aliphatic rings. The summed E-state index contributed by atoms with van der Waals surface area (Å²) < 4.78 is 11.5. The van der Waals surface area contributed by atoms with E-state index in [1.165, 1.54) is 0 Å². The average Bonchev–Trinajstić information content (AvgIpc) is 2.76. The highest BCUT2D eigenvalue weighted by atomic mass is 35.5. The van der Waals surface area contributed by atoms with Crippen LogP contribution in [0.15, 0.2) is 54.9 Å².